The van der Waals surface area contributed by atoms with Crippen molar-refractivity contribution >= 4 is 24.2 Å². The Bertz CT molecular complexity index is 386. The predicted octanol–water partition coefficient (Wildman–Crippen LogP) is 1.95. The lowest BCUT2D eigenvalue weighted by Gasteiger charge is -2.24. The molecule has 5 nitrogen and oxygen atoms in total. The fourth-order valence-corrected chi connectivity index (χ4v) is 3.78. The topological polar surface area (TPSA) is 61.4 Å². The Morgan fingerprint density at radius 1 is 1.13 bits per heavy atom. The molecular formula is C17H32ClN3O2. The van der Waals surface area contributed by atoms with E-state index in [4.69, 9.17) is 0 Å². The number of halogens is 1. The van der Waals surface area contributed by atoms with Gasteiger partial charge in [0.05, 0.1) is 0 Å². The van der Waals surface area contributed by atoms with Crippen molar-refractivity contribution in [3.63, 3.8) is 0 Å². The van der Waals surface area contributed by atoms with Gasteiger partial charge in [-0.3, -0.25) is 9.59 Å². The van der Waals surface area contributed by atoms with Gasteiger partial charge >= 0.3 is 0 Å². The van der Waals surface area contributed by atoms with E-state index >= 15 is 0 Å². The van der Waals surface area contributed by atoms with Crippen LogP contribution in [0.5, 0.6) is 0 Å². The van der Waals surface area contributed by atoms with E-state index in [1.807, 2.05) is 18.9 Å². The third-order valence-electron chi connectivity index (χ3n) is 5.04. The summed E-state index contributed by atoms with van der Waals surface area (Å²) in [6.45, 7) is 4.38. The molecule has 2 aliphatic rings. The first-order chi connectivity index (χ1) is 10.6. The number of rotatable bonds is 6. The van der Waals surface area contributed by atoms with Crippen molar-refractivity contribution in [2.75, 3.05) is 26.7 Å². The molecule has 1 aliphatic heterocycles. The second-order valence-corrected chi connectivity index (χ2v) is 6.99. The molecule has 2 fully saturated rings. The maximum atomic E-state index is 12.4. The zero-order valence-corrected chi connectivity index (χ0v) is 15.3. The van der Waals surface area contributed by atoms with Gasteiger partial charge in [-0.15, -0.1) is 12.4 Å². The van der Waals surface area contributed by atoms with Crippen LogP contribution < -0.4 is 10.6 Å². The fourth-order valence-electron chi connectivity index (χ4n) is 3.78. The molecule has 2 rings (SSSR count). The van der Waals surface area contributed by atoms with Gasteiger partial charge in [0.1, 0.15) is 6.04 Å². The minimum atomic E-state index is -0.399. The Morgan fingerprint density at radius 3 is 2.48 bits per heavy atom. The molecule has 1 heterocycles. The maximum Gasteiger partial charge on any atom is 0.244 e. The van der Waals surface area contributed by atoms with Gasteiger partial charge in [0.2, 0.25) is 11.8 Å². The van der Waals surface area contributed by atoms with Gasteiger partial charge in [-0.2, -0.15) is 0 Å². The van der Waals surface area contributed by atoms with E-state index in [-0.39, 0.29) is 24.2 Å². The van der Waals surface area contributed by atoms with Crippen molar-refractivity contribution in [1.82, 2.24) is 15.5 Å². The molecule has 0 bridgehead atoms. The van der Waals surface area contributed by atoms with Gasteiger partial charge in [0.15, 0.2) is 0 Å². The molecule has 0 aromatic carbocycles. The van der Waals surface area contributed by atoms with Crippen LogP contribution in [0.2, 0.25) is 0 Å². The summed E-state index contributed by atoms with van der Waals surface area (Å²) in [6, 6.07) is -0.399. The Hall–Kier alpha value is -0.810. The summed E-state index contributed by atoms with van der Waals surface area (Å²) >= 11 is 0. The summed E-state index contributed by atoms with van der Waals surface area (Å²) in [7, 11) is 1.94. The molecule has 2 N–H and O–H groups in total. The molecule has 0 spiro atoms. The van der Waals surface area contributed by atoms with E-state index in [2.05, 4.69) is 10.6 Å². The number of hydrogen-bond acceptors (Lipinski definition) is 3. The van der Waals surface area contributed by atoms with Gasteiger partial charge in [-0.1, -0.05) is 19.3 Å². The summed E-state index contributed by atoms with van der Waals surface area (Å²) < 4.78 is 0. The highest BCUT2D eigenvalue weighted by Crippen LogP contribution is 2.26. The van der Waals surface area contributed by atoms with Crippen LogP contribution in [0.4, 0.5) is 0 Å². The standard InChI is InChI=1S/C17H31N3O2.ClH/c1-13(17(22)20-9-8-15(12-20)11-18-2)19-16(21)10-14-6-4-3-5-7-14;/h13-15,18H,3-12H2,1-2H3,(H,19,21);1H. The Balaban J connectivity index is 0.00000264. The zero-order chi connectivity index (χ0) is 15.9. The Kier molecular flexibility index (Phi) is 8.92. The van der Waals surface area contributed by atoms with Crippen LogP contribution in [0.15, 0.2) is 0 Å². The number of hydrogen-bond donors (Lipinski definition) is 2. The summed E-state index contributed by atoms with van der Waals surface area (Å²) in [6.07, 6.45) is 7.74. The summed E-state index contributed by atoms with van der Waals surface area (Å²) in [5.41, 5.74) is 0. The first kappa shape index (κ1) is 20.2. The minimum Gasteiger partial charge on any atom is -0.345 e. The van der Waals surface area contributed by atoms with E-state index in [1.165, 1.54) is 19.3 Å². The highest BCUT2D eigenvalue weighted by atomic mass is 35.5. The molecule has 2 unspecified atom stereocenters. The largest absolute Gasteiger partial charge is 0.345 e. The summed E-state index contributed by atoms with van der Waals surface area (Å²) in [5, 5.41) is 6.07. The molecular weight excluding hydrogens is 314 g/mol. The number of carbonyl (C=O) groups is 2. The van der Waals surface area contributed by atoms with Crippen molar-refractivity contribution in [1.29, 1.82) is 0 Å². The van der Waals surface area contributed by atoms with Crippen LogP contribution in [-0.4, -0.2) is 49.4 Å². The van der Waals surface area contributed by atoms with Gasteiger partial charge < -0.3 is 15.5 Å². The molecule has 0 aromatic heterocycles. The minimum absolute atomic E-state index is 0. The van der Waals surface area contributed by atoms with Crippen molar-refractivity contribution in [2.24, 2.45) is 11.8 Å². The summed E-state index contributed by atoms with van der Waals surface area (Å²) in [5.74, 6) is 1.16. The molecule has 6 heteroatoms. The van der Waals surface area contributed by atoms with E-state index in [0.29, 0.717) is 18.3 Å². The lowest BCUT2D eigenvalue weighted by molar-refractivity contribution is -0.135. The van der Waals surface area contributed by atoms with Crippen molar-refractivity contribution in [3.05, 3.63) is 0 Å². The number of amides is 2. The molecule has 0 radical (unpaired) electrons. The Morgan fingerprint density at radius 2 is 1.83 bits per heavy atom. The zero-order valence-electron chi connectivity index (χ0n) is 14.5. The van der Waals surface area contributed by atoms with Gasteiger partial charge in [-0.25, -0.2) is 0 Å². The van der Waals surface area contributed by atoms with E-state index in [0.717, 1.165) is 38.9 Å². The van der Waals surface area contributed by atoms with Crippen LogP contribution in [0.3, 0.4) is 0 Å². The number of likely N-dealkylation sites (tertiary alicyclic amines) is 1. The lowest BCUT2D eigenvalue weighted by atomic mass is 9.87. The van der Waals surface area contributed by atoms with E-state index in [9.17, 15) is 9.59 Å². The number of nitrogens with one attached hydrogen (secondary N) is 2. The Labute approximate surface area is 146 Å². The average Bonchev–Trinajstić information content (AvgIpc) is 2.96. The molecule has 1 saturated heterocycles. The van der Waals surface area contributed by atoms with Crippen LogP contribution in [0.1, 0.15) is 51.9 Å². The second kappa shape index (κ2) is 10.1. The van der Waals surface area contributed by atoms with Gasteiger partial charge in [0, 0.05) is 19.5 Å². The smallest absolute Gasteiger partial charge is 0.244 e. The SMILES string of the molecule is CNCC1CCN(C(=O)C(C)NC(=O)CC2CCCCC2)C1.Cl. The average molecular weight is 346 g/mol. The van der Waals surface area contributed by atoms with E-state index in [1.54, 1.807) is 0 Å². The van der Waals surface area contributed by atoms with E-state index < -0.39 is 6.04 Å². The molecule has 2 amide bonds. The highest BCUT2D eigenvalue weighted by Gasteiger charge is 2.29. The number of nitrogens with zero attached hydrogens (tertiary/aromatic N) is 1. The molecule has 0 aromatic rings. The van der Waals surface area contributed by atoms with Crippen molar-refractivity contribution in [2.45, 2.75) is 57.9 Å². The van der Waals surface area contributed by atoms with Gasteiger partial charge in [-0.05, 0) is 51.6 Å². The second-order valence-electron chi connectivity index (χ2n) is 6.99. The molecule has 134 valence electrons. The van der Waals surface area contributed by atoms with Crippen LogP contribution in [-0.2, 0) is 9.59 Å². The maximum absolute atomic E-state index is 12.4. The van der Waals surface area contributed by atoms with Crippen molar-refractivity contribution in [3.8, 4) is 0 Å². The summed E-state index contributed by atoms with van der Waals surface area (Å²) in [4.78, 5) is 26.4. The lowest BCUT2D eigenvalue weighted by Crippen LogP contribution is -2.46. The normalized spacial score (nSPS) is 23.2. The molecule has 1 aliphatic carbocycles. The molecule has 1 saturated carbocycles. The van der Waals surface area contributed by atoms with Crippen LogP contribution in [0, 0.1) is 11.8 Å². The van der Waals surface area contributed by atoms with Crippen LogP contribution >= 0.6 is 12.4 Å². The fraction of sp³-hybridized carbons (Fsp3) is 0.882. The monoisotopic (exact) mass is 345 g/mol. The van der Waals surface area contributed by atoms with Gasteiger partial charge in [0.25, 0.3) is 0 Å². The predicted molar refractivity (Wildman–Crippen MR) is 94.7 cm³/mol. The third kappa shape index (κ3) is 6.30. The molecule has 23 heavy (non-hydrogen) atoms. The quantitative estimate of drug-likeness (QED) is 0.773. The first-order valence-electron chi connectivity index (χ1n) is 8.83. The first-order valence-corrected chi connectivity index (χ1v) is 8.83. The van der Waals surface area contributed by atoms with Crippen LogP contribution in [0.25, 0.3) is 0 Å². The highest BCUT2D eigenvalue weighted by molar-refractivity contribution is 5.87. The third-order valence-corrected chi connectivity index (χ3v) is 5.04. The number of carbonyl (C=O) groups excluding carboxylic acids is 2. The van der Waals surface area contributed by atoms with Crippen molar-refractivity contribution < 1.29 is 9.59 Å². The molecule has 2 atom stereocenters.